The first-order chi connectivity index (χ1) is 7.23. The lowest BCUT2D eigenvalue weighted by Crippen LogP contribution is -2.39. The second-order valence-corrected chi connectivity index (χ2v) is 5.36. The Kier molecular flexibility index (Phi) is 3.46. The minimum atomic E-state index is -0.265. The van der Waals surface area contributed by atoms with Crippen molar-refractivity contribution in [2.24, 2.45) is 5.41 Å². The fraction of sp³-hybridized carbons (Fsp3) is 0.538. The van der Waals surface area contributed by atoms with Crippen molar-refractivity contribution in [3.63, 3.8) is 0 Å². The molecule has 0 aromatic heterocycles. The van der Waals surface area contributed by atoms with Crippen LogP contribution in [-0.2, 0) is 0 Å². The molecular formula is C13H21FN2. The number of rotatable bonds is 2. The van der Waals surface area contributed by atoms with Crippen molar-refractivity contribution in [3.8, 4) is 0 Å². The Morgan fingerprint density at radius 1 is 1.31 bits per heavy atom. The van der Waals surface area contributed by atoms with Gasteiger partial charge in [-0.25, -0.2) is 4.39 Å². The third kappa shape index (κ3) is 2.65. The monoisotopic (exact) mass is 224 g/mol. The molecule has 0 fully saturated rings. The van der Waals surface area contributed by atoms with Gasteiger partial charge in [0.2, 0.25) is 0 Å². The summed E-state index contributed by atoms with van der Waals surface area (Å²) in [5.41, 5.74) is 6.68. The van der Waals surface area contributed by atoms with Gasteiger partial charge >= 0.3 is 0 Å². The minimum Gasteiger partial charge on any atom is -0.399 e. The highest BCUT2D eigenvalue weighted by molar-refractivity contribution is 5.54. The van der Waals surface area contributed by atoms with E-state index in [-0.39, 0.29) is 17.3 Å². The van der Waals surface area contributed by atoms with Gasteiger partial charge in [0, 0.05) is 18.8 Å². The number of anilines is 2. The highest BCUT2D eigenvalue weighted by atomic mass is 19.1. The zero-order valence-corrected chi connectivity index (χ0v) is 10.7. The second-order valence-electron chi connectivity index (χ2n) is 5.36. The van der Waals surface area contributed by atoms with Crippen molar-refractivity contribution >= 4 is 11.4 Å². The third-order valence-corrected chi connectivity index (χ3v) is 3.19. The van der Waals surface area contributed by atoms with Gasteiger partial charge in [-0.05, 0) is 30.5 Å². The van der Waals surface area contributed by atoms with E-state index in [1.54, 1.807) is 12.1 Å². The average Bonchev–Trinajstić information content (AvgIpc) is 2.14. The zero-order valence-electron chi connectivity index (χ0n) is 10.7. The fourth-order valence-corrected chi connectivity index (χ4v) is 1.60. The Balaban J connectivity index is 3.01. The quantitative estimate of drug-likeness (QED) is 0.781. The molecule has 0 saturated heterocycles. The van der Waals surface area contributed by atoms with Crippen molar-refractivity contribution in [1.82, 2.24) is 0 Å². The van der Waals surface area contributed by atoms with E-state index in [0.717, 1.165) is 0 Å². The number of hydrogen-bond acceptors (Lipinski definition) is 2. The average molecular weight is 224 g/mol. The van der Waals surface area contributed by atoms with Crippen LogP contribution in [0.25, 0.3) is 0 Å². The summed E-state index contributed by atoms with van der Waals surface area (Å²) in [4.78, 5) is 1.95. The van der Waals surface area contributed by atoms with Gasteiger partial charge in [-0.2, -0.15) is 0 Å². The van der Waals surface area contributed by atoms with E-state index in [1.807, 2.05) is 11.9 Å². The molecule has 0 saturated carbocycles. The maximum atomic E-state index is 13.7. The van der Waals surface area contributed by atoms with Crippen LogP contribution in [0.4, 0.5) is 15.8 Å². The lowest BCUT2D eigenvalue weighted by atomic mass is 9.87. The summed E-state index contributed by atoms with van der Waals surface area (Å²) in [6.07, 6.45) is 0. The number of benzene rings is 1. The van der Waals surface area contributed by atoms with E-state index < -0.39 is 0 Å². The van der Waals surface area contributed by atoms with E-state index in [0.29, 0.717) is 11.4 Å². The normalized spacial score (nSPS) is 13.6. The van der Waals surface area contributed by atoms with E-state index >= 15 is 0 Å². The third-order valence-electron chi connectivity index (χ3n) is 3.19. The Hall–Kier alpha value is -1.25. The van der Waals surface area contributed by atoms with Gasteiger partial charge in [-0.1, -0.05) is 20.8 Å². The van der Waals surface area contributed by atoms with Gasteiger partial charge in [0.1, 0.15) is 5.82 Å². The van der Waals surface area contributed by atoms with E-state index in [4.69, 9.17) is 5.73 Å². The van der Waals surface area contributed by atoms with E-state index in [9.17, 15) is 4.39 Å². The maximum Gasteiger partial charge on any atom is 0.148 e. The zero-order chi connectivity index (χ0) is 12.5. The smallest absolute Gasteiger partial charge is 0.148 e. The molecule has 0 aliphatic carbocycles. The molecule has 0 radical (unpaired) electrons. The molecule has 90 valence electrons. The molecule has 3 heteroatoms. The van der Waals surface area contributed by atoms with Gasteiger partial charge < -0.3 is 10.6 Å². The largest absolute Gasteiger partial charge is 0.399 e. The summed E-state index contributed by atoms with van der Waals surface area (Å²) in [5.74, 6) is -0.265. The molecule has 0 spiro atoms. The standard InChI is InChI=1S/C13H21FN2/c1-9(13(2,3)4)16(5)12-7-6-10(15)8-11(12)14/h6-9H,15H2,1-5H3. The summed E-state index contributed by atoms with van der Waals surface area (Å²) in [6.45, 7) is 8.52. The van der Waals surface area contributed by atoms with Crippen LogP contribution < -0.4 is 10.6 Å². The molecule has 2 N–H and O–H groups in total. The van der Waals surface area contributed by atoms with Crippen molar-refractivity contribution in [2.75, 3.05) is 17.7 Å². The molecular weight excluding hydrogens is 203 g/mol. The van der Waals surface area contributed by atoms with Crippen molar-refractivity contribution in [3.05, 3.63) is 24.0 Å². The number of nitrogens with zero attached hydrogens (tertiary/aromatic N) is 1. The Labute approximate surface area is 97.3 Å². The fourth-order valence-electron chi connectivity index (χ4n) is 1.60. The SMILES string of the molecule is CC(N(C)c1ccc(N)cc1F)C(C)(C)C. The van der Waals surface area contributed by atoms with Gasteiger partial charge in [-0.3, -0.25) is 0 Å². The molecule has 1 unspecified atom stereocenters. The number of hydrogen-bond donors (Lipinski definition) is 1. The van der Waals surface area contributed by atoms with Gasteiger partial charge in [0.05, 0.1) is 5.69 Å². The second kappa shape index (κ2) is 4.32. The highest BCUT2D eigenvalue weighted by Crippen LogP contribution is 2.29. The molecule has 16 heavy (non-hydrogen) atoms. The van der Waals surface area contributed by atoms with Crippen LogP contribution in [-0.4, -0.2) is 13.1 Å². The molecule has 0 aliphatic heterocycles. The predicted molar refractivity (Wildman–Crippen MR) is 68.1 cm³/mol. The summed E-state index contributed by atoms with van der Waals surface area (Å²) < 4.78 is 13.7. The van der Waals surface area contributed by atoms with Gasteiger partial charge in [-0.15, -0.1) is 0 Å². The molecule has 0 aliphatic rings. The van der Waals surface area contributed by atoms with E-state index in [2.05, 4.69) is 27.7 Å². The van der Waals surface area contributed by atoms with Crippen molar-refractivity contribution in [1.29, 1.82) is 0 Å². The topological polar surface area (TPSA) is 29.3 Å². The van der Waals surface area contributed by atoms with Crippen molar-refractivity contribution < 1.29 is 4.39 Å². The lowest BCUT2D eigenvalue weighted by Gasteiger charge is -2.37. The first-order valence-corrected chi connectivity index (χ1v) is 5.51. The molecule has 1 atom stereocenters. The Morgan fingerprint density at radius 2 is 1.88 bits per heavy atom. The molecule has 1 aromatic rings. The first-order valence-electron chi connectivity index (χ1n) is 5.51. The molecule has 0 bridgehead atoms. The maximum absolute atomic E-state index is 13.7. The minimum absolute atomic E-state index is 0.0998. The van der Waals surface area contributed by atoms with Crippen LogP contribution in [0, 0.1) is 11.2 Å². The summed E-state index contributed by atoms with van der Waals surface area (Å²) in [7, 11) is 1.91. The van der Waals surface area contributed by atoms with Gasteiger partial charge in [0.15, 0.2) is 0 Å². The van der Waals surface area contributed by atoms with Gasteiger partial charge in [0.25, 0.3) is 0 Å². The van der Waals surface area contributed by atoms with Crippen LogP contribution >= 0.6 is 0 Å². The number of nitrogens with two attached hydrogens (primary N) is 1. The molecule has 0 amide bonds. The molecule has 0 heterocycles. The van der Waals surface area contributed by atoms with Crippen molar-refractivity contribution in [2.45, 2.75) is 33.7 Å². The van der Waals surface area contributed by atoms with Crippen LogP contribution in [0.3, 0.4) is 0 Å². The van der Waals surface area contributed by atoms with Crippen LogP contribution in [0.5, 0.6) is 0 Å². The predicted octanol–water partition coefficient (Wildman–Crippen LogP) is 3.28. The summed E-state index contributed by atoms with van der Waals surface area (Å²) >= 11 is 0. The number of halogens is 1. The van der Waals surface area contributed by atoms with Crippen LogP contribution in [0.15, 0.2) is 18.2 Å². The van der Waals surface area contributed by atoms with Crippen LogP contribution in [0.1, 0.15) is 27.7 Å². The summed E-state index contributed by atoms with van der Waals surface area (Å²) in [6, 6.07) is 5.06. The molecule has 1 rings (SSSR count). The lowest BCUT2D eigenvalue weighted by molar-refractivity contribution is 0.328. The first kappa shape index (κ1) is 12.8. The Bertz CT molecular complexity index is 369. The molecule has 2 nitrogen and oxygen atoms in total. The number of nitrogen functional groups attached to an aromatic ring is 1. The highest BCUT2D eigenvalue weighted by Gasteiger charge is 2.25. The Morgan fingerprint density at radius 3 is 2.31 bits per heavy atom. The van der Waals surface area contributed by atoms with Crippen LogP contribution in [0.2, 0.25) is 0 Å². The molecule has 1 aromatic carbocycles. The summed E-state index contributed by atoms with van der Waals surface area (Å²) in [5, 5.41) is 0. The van der Waals surface area contributed by atoms with E-state index in [1.165, 1.54) is 6.07 Å².